The van der Waals surface area contributed by atoms with Crippen LogP contribution in [-0.2, 0) is 10.0 Å². The van der Waals surface area contributed by atoms with E-state index >= 15 is 0 Å². The summed E-state index contributed by atoms with van der Waals surface area (Å²) in [5.41, 5.74) is 5.29. The van der Waals surface area contributed by atoms with Crippen LogP contribution in [0.5, 0.6) is 0 Å². The molecule has 0 saturated carbocycles. The number of hydrogen-bond donors (Lipinski definition) is 2. The first-order chi connectivity index (χ1) is 6.95. The Labute approximate surface area is 100 Å². The molecule has 1 rings (SSSR count). The van der Waals surface area contributed by atoms with Gasteiger partial charge < -0.3 is 5.73 Å². The minimum atomic E-state index is -3.59. The number of nitrogens with two attached hydrogens (primary N) is 1. The quantitative estimate of drug-likeness (QED) is 0.851. The molecule has 0 bridgehead atoms. The summed E-state index contributed by atoms with van der Waals surface area (Å²) in [5.74, 6) is -0.471. The summed E-state index contributed by atoms with van der Waals surface area (Å²) >= 11 is 0. The van der Waals surface area contributed by atoms with Crippen molar-refractivity contribution in [3.8, 4) is 0 Å². The van der Waals surface area contributed by atoms with Crippen molar-refractivity contribution in [2.75, 3.05) is 6.54 Å². The van der Waals surface area contributed by atoms with Gasteiger partial charge in [0, 0.05) is 12.6 Å². The third-order valence-corrected chi connectivity index (χ3v) is 3.44. The number of nitrogens with one attached hydrogen (secondary N) is 1. The van der Waals surface area contributed by atoms with Gasteiger partial charge in [-0.2, -0.15) is 0 Å². The average Bonchev–Trinajstić information content (AvgIpc) is 2.17. The van der Waals surface area contributed by atoms with Gasteiger partial charge in [-0.15, -0.1) is 12.4 Å². The summed E-state index contributed by atoms with van der Waals surface area (Å²) in [6.45, 7) is 1.86. The van der Waals surface area contributed by atoms with Crippen LogP contribution in [0.3, 0.4) is 0 Å². The maximum absolute atomic E-state index is 12.6. The van der Waals surface area contributed by atoms with Gasteiger partial charge in [0.05, 0.1) is 4.90 Å². The van der Waals surface area contributed by atoms with E-state index in [1.807, 2.05) is 0 Å². The molecule has 1 aromatic rings. The van der Waals surface area contributed by atoms with E-state index in [0.29, 0.717) is 0 Å². The standard InChI is InChI=1S/C9H13FN2O2S.ClH/c1-7(6-11)12-15(13,14)9-4-2-8(10)3-5-9;/h2-5,7,12H,6,11H2,1H3;1H/t7-;/m0./s1. The Hall–Kier alpha value is -0.690. The molecule has 0 saturated heterocycles. The molecule has 92 valence electrons. The second-order valence-corrected chi connectivity index (χ2v) is 4.93. The van der Waals surface area contributed by atoms with Gasteiger partial charge in [-0.3, -0.25) is 0 Å². The molecule has 0 aliphatic rings. The molecule has 0 amide bonds. The monoisotopic (exact) mass is 268 g/mol. The lowest BCUT2D eigenvalue weighted by Gasteiger charge is -2.11. The van der Waals surface area contributed by atoms with E-state index in [0.717, 1.165) is 12.1 Å². The summed E-state index contributed by atoms with van der Waals surface area (Å²) < 4.78 is 38.2. The Bertz CT molecular complexity index is 422. The zero-order chi connectivity index (χ0) is 11.5. The molecule has 4 nitrogen and oxygen atoms in total. The molecule has 0 aliphatic carbocycles. The van der Waals surface area contributed by atoms with E-state index in [1.165, 1.54) is 12.1 Å². The molecular weight excluding hydrogens is 255 g/mol. The molecule has 0 spiro atoms. The number of benzene rings is 1. The molecule has 0 unspecified atom stereocenters. The molecule has 0 radical (unpaired) electrons. The van der Waals surface area contributed by atoms with E-state index < -0.39 is 15.8 Å². The van der Waals surface area contributed by atoms with Gasteiger partial charge >= 0.3 is 0 Å². The van der Waals surface area contributed by atoms with Gasteiger partial charge in [0.2, 0.25) is 10.0 Å². The third kappa shape index (κ3) is 4.05. The molecule has 16 heavy (non-hydrogen) atoms. The Morgan fingerprint density at radius 2 is 1.88 bits per heavy atom. The molecule has 7 heteroatoms. The fourth-order valence-corrected chi connectivity index (χ4v) is 2.25. The smallest absolute Gasteiger partial charge is 0.240 e. The fourth-order valence-electron chi connectivity index (χ4n) is 0.995. The molecule has 0 fully saturated rings. The van der Waals surface area contributed by atoms with Gasteiger partial charge in [-0.05, 0) is 31.2 Å². The van der Waals surface area contributed by atoms with Crippen LogP contribution >= 0.6 is 12.4 Å². The Morgan fingerprint density at radius 1 is 1.38 bits per heavy atom. The van der Waals surface area contributed by atoms with Crippen LogP contribution < -0.4 is 10.5 Å². The van der Waals surface area contributed by atoms with Crippen molar-refractivity contribution >= 4 is 22.4 Å². The van der Waals surface area contributed by atoms with Gasteiger partial charge in [0.1, 0.15) is 5.82 Å². The molecule has 0 heterocycles. The largest absolute Gasteiger partial charge is 0.329 e. The maximum Gasteiger partial charge on any atom is 0.240 e. The summed E-state index contributed by atoms with van der Waals surface area (Å²) in [5, 5.41) is 0. The van der Waals surface area contributed by atoms with Gasteiger partial charge in [0.15, 0.2) is 0 Å². The summed E-state index contributed by atoms with van der Waals surface area (Å²) in [6, 6.07) is 4.27. The zero-order valence-corrected chi connectivity index (χ0v) is 10.3. The average molecular weight is 269 g/mol. The lowest BCUT2D eigenvalue weighted by Crippen LogP contribution is -2.37. The lowest BCUT2D eigenvalue weighted by atomic mass is 10.4. The van der Waals surface area contributed by atoms with E-state index in [4.69, 9.17) is 5.73 Å². The predicted molar refractivity (Wildman–Crippen MR) is 62.5 cm³/mol. The predicted octanol–water partition coefficient (Wildman–Crippen LogP) is 0.873. The second-order valence-electron chi connectivity index (χ2n) is 3.21. The van der Waals surface area contributed by atoms with Crippen LogP contribution in [0.2, 0.25) is 0 Å². The first-order valence-corrected chi connectivity index (χ1v) is 5.92. The number of hydrogen-bond acceptors (Lipinski definition) is 3. The number of rotatable bonds is 4. The first-order valence-electron chi connectivity index (χ1n) is 4.43. The topological polar surface area (TPSA) is 72.2 Å². The van der Waals surface area contributed by atoms with Crippen molar-refractivity contribution in [2.45, 2.75) is 17.9 Å². The van der Waals surface area contributed by atoms with Crippen LogP contribution in [0.4, 0.5) is 4.39 Å². The first kappa shape index (κ1) is 15.3. The van der Waals surface area contributed by atoms with E-state index in [-0.39, 0.29) is 29.9 Å². The van der Waals surface area contributed by atoms with E-state index in [1.54, 1.807) is 6.92 Å². The summed E-state index contributed by atoms with van der Waals surface area (Å²) in [7, 11) is -3.59. The second kappa shape index (κ2) is 6.15. The summed E-state index contributed by atoms with van der Waals surface area (Å²) in [6.07, 6.45) is 0. The van der Waals surface area contributed by atoms with Crippen molar-refractivity contribution in [1.82, 2.24) is 4.72 Å². The SMILES string of the molecule is C[C@@H](CN)NS(=O)(=O)c1ccc(F)cc1.Cl. The van der Waals surface area contributed by atoms with Crippen LogP contribution in [0, 0.1) is 5.82 Å². The Kier molecular flexibility index (Phi) is 5.88. The van der Waals surface area contributed by atoms with E-state index in [9.17, 15) is 12.8 Å². The molecular formula is C9H14ClFN2O2S. The van der Waals surface area contributed by atoms with E-state index in [2.05, 4.69) is 4.72 Å². The number of halogens is 2. The fraction of sp³-hybridized carbons (Fsp3) is 0.333. The molecule has 0 aliphatic heterocycles. The summed E-state index contributed by atoms with van der Waals surface area (Å²) in [4.78, 5) is 0.0317. The highest BCUT2D eigenvalue weighted by Gasteiger charge is 2.16. The van der Waals surface area contributed by atoms with Gasteiger partial charge in [-0.1, -0.05) is 0 Å². The van der Waals surface area contributed by atoms with Crippen molar-refractivity contribution in [1.29, 1.82) is 0 Å². The van der Waals surface area contributed by atoms with Crippen LogP contribution in [0.1, 0.15) is 6.92 Å². The minimum Gasteiger partial charge on any atom is -0.329 e. The molecule has 1 aromatic carbocycles. The Balaban J connectivity index is 0.00000225. The van der Waals surface area contributed by atoms with Crippen LogP contribution in [0.25, 0.3) is 0 Å². The van der Waals surface area contributed by atoms with Crippen LogP contribution in [-0.4, -0.2) is 21.0 Å². The maximum atomic E-state index is 12.6. The normalized spacial score (nSPS) is 12.9. The van der Waals surface area contributed by atoms with Gasteiger partial charge in [0.25, 0.3) is 0 Å². The highest BCUT2D eigenvalue weighted by molar-refractivity contribution is 7.89. The molecule has 0 aromatic heterocycles. The van der Waals surface area contributed by atoms with Crippen molar-refractivity contribution in [3.05, 3.63) is 30.1 Å². The highest BCUT2D eigenvalue weighted by atomic mass is 35.5. The van der Waals surface area contributed by atoms with Crippen molar-refractivity contribution < 1.29 is 12.8 Å². The van der Waals surface area contributed by atoms with Crippen molar-refractivity contribution in [2.24, 2.45) is 5.73 Å². The lowest BCUT2D eigenvalue weighted by molar-refractivity contribution is 0.562. The third-order valence-electron chi connectivity index (χ3n) is 1.83. The molecule has 1 atom stereocenters. The minimum absolute atomic E-state index is 0. The van der Waals surface area contributed by atoms with Crippen molar-refractivity contribution in [3.63, 3.8) is 0 Å². The number of sulfonamides is 1. The highest BCUT2D eigenvalue weighted by Crippen LogP contribution is 2.09. The van der Waals surface area contributed by atoms with Gasteiger partial charge in [-0.25, -0.2) is 17.5 Å². The van der Waals surface area contributed by atoms with Crippen LogP contribution in [0.15, 0.2) is 29.2 Å². The zero-order valence-electron chi connectivity index (χ0n) is 8.68. The molecule has 3 N–H and O–H groups in total. The Morgan fingerprint density at radius 3 is 2.31 bits per heavy atom.